The van der Waals surface area contributed by atoms with Crippen LogP contribution in [-0.4, -0.2) is 39.4 Å². The summed E-state index contributed by atoms with van der Waals surface area (Å²) in [5, 5.41) is 4.25. The summed E-state index contributed by atoms with van der Waals surface area (Å²) in [6.45, 7) is 2.03. The van der Waals surface area contributed by atoms with E-state index < -0.39 is 5.97 Å². The van der Waals surface area contributed by atoms with Crippen molar-refractivity contribution in [2.24, 2.45) is 0 Å². The quantitative estimate of drug-likeness (QED) is 0.606. The van der Waals surface area contributed by atoms with Crippen molar-refractivity contribution in [1.82, 2.24) is 19.7 Å². The minimum atomic E-state index is -0.453. The topological polar surface area (TPSA) is 79.1 Å². The molecule has 0 fully saturated rings. The van der Waals surface area contributed by atoms with Gasteiger partial charge in [0.05, 0.1) is 20.0 Å². The van der Waals surface area contributed by atoms with Gasteiger partial charge in [-0.3, -0.25) is 0 Å². The van der Waals surface area contributed by atoms with Crippen LogP contribution in [0.15, 0.2) is 30.9 Å². The van der Waals surface area contributed by atoms with Crippen LogP contribution in [0.2, 0.25) is 0 Å². The van der Waals surface area contributed by atoms with Crippen molar-refractivity contribution < 1.29 is 14.3 Å². The molecule has 0 spiro atoms. The van der Waals surface area contributed by atoms with Gasteiger partial charge in [0.15, 0.2) is 0 Å². The molecule has 0 bridgehead atoms. The fourth-order valence-electron chi connectivity index (χ4n) is 1.52. The van der Waals surface area contributed by atoms with E-state index in [1.807, 2.05) is 0 Å². The first-order valence-electron chi connectivity index (χ1n) is 5.99. The molecule has 7 heteroatoms. The molecular formula is C13H14N4O3. The Labute approximate surface area is 115 Å². The number of esters is 1. The predicted molar refractivity (Wildman–Crippen MR) is 71.2 cm³/mol. The number of hydrogen-bond donors (Lipinski definition) is 0. The van der Waals surface area contributed by atoms with Crippen LogP contribution in [0.5, 0.6) is 0 Å². The fourth-order valence-corrected chi connectivity index (χ4v) is 1.52. The zero-order chi connectivity index (χ0) is 14.4. The Morgan fingerprint density at radius 1 is 1.40 bits per heavy atom. The maximum absolute atomic E-state index is 11.9. The summed E-state index contributed by atoms with van der Waals surface area (Å²) in [5.41, 5.74) is 0.755. The Morgan fingerprint density at radius 2 is 2.15 bits per heavy atom. The van der Waals surface area contributed by atoms with E-state index in [2.05, 4.69) is 15.1 Å². The maximum atomic E-state index is 11.9. The lowest BCUT2D eigenvalue weighted by Gasteiger charge is -1.98. The number of nitrogens with zero attached hydrogens (tertiary/aromatic N) is 4. The lowest BCUT2D eigenvalue weighted by Crippen LogP contribution is -2.05. The second-order valence-corrected chi connectivity index (χ2v) is 3.68. The smallest absolute Gasteiger partial charge is 0.341 e. The SMILES string of the molecule is CCOC(=O)c1cn(-c2ncccn2)nc1C=COC. The number of carbonyl (C=O) groups excluding carboxylic acids is 1. The molecule has 104 valence electrons. The van der Waals surface area contributed by atoms with Gasteiger partial charge in [-0.2, -0.15) is 5.10 Å². The summed E-state index contributed by atoms with van der Waals surface area (Å²) >= 11 is 0. The molecule has 0 saturated heterocycles. The summed E-state index contributed by atoms with van der Waals surface area (Å²) < 4.78 is 11.3. The average Bonchev–Trinajstić information content (AvgIpc) is 2.90. The summed E-state index contributed by atoms with van der Waals surface area (Å²) in [5.74, 6) is -0.0828. The lowest BCUT2D eigenvalue weighted by molar-refractivity contribution is 0.0526. The summed E-state index contributed by atoms with van der Waals surface area (Å²) in [7, 11) is 1.51. The molecule has 2 aromatic rings. The molecule has 0 aliphatic heterocycles. The molecule has 0 aromatic carbocycles. The van der Waals surface area contributed by atoms with E-state index in [-0.39, 0.29) is 0 Å². The second-order valence-electron chi connectivity index (χ2n) is 3.68. The zero-order valence-corrected chi connectivity index (χ0v) is 11.2. The van der Waals surface area contributed by atoms with E-state index in [0.717, 1.165) is 0 Å². The van der Waals surface area contributed by atoms with E-state index >= 15 is 0 Å². The van der Waals surface area contributed by atoms with Crippen LogP contribution in [0.4, 0.5) is 0 Å². The standard InChI is InChI=1S/C13H14N4O3/c1-3-20-12(18)10-9-17(13-14-6-4-7-15-13)16-11(10)5-8-19-2/h4-9H,3H2,1-2H3. The zero-order valence-electron chi connectivity index (χ0n) is 11.2. The van der Waals surface area contributed by atoms with Gasteiger partial charge in [0.25, 0.3) is 0 Å². The number of ether oxygens (including phenoxy) is 2. The van der Waals surface area contributed by atoms with Crippen LogP contribution in [0, 0.1) is 0 Å². The van der Waals surface area contributed by atoms with Crippen molar-refractivity contribution >= 4 is 12.0 Å². The number of methoxy groups -OCH3 is 1. The average molecular weight is 274 g/mol. The first-order chi connectivity index (χ1) is 9.76. The predicted octanol–water partition coefficient (Wildman–Crippen LogP) is 1.46. The first-order valence-corrected chi connectivity index (χ1v) is 5.99. The molecular weight excluding hydrogens is 260 g/mol. The van der Waals surface area contributed by atoms with Gasteiger partial charge < -0.3 is 9.47 Å². The highest BCUT2D eigenvalue weighted by atomic mass is 16.5. The van der Waals surface area contributed by atoms with Gasteiger partial charge >= 0.3 is 5.97 Å². The van der Waals surface area contributed by atoms with E-state index in [0.29, 0.717) is 23.8 Å². The Bertz CT molecular complexity index is 607. The van der Waals surface area contributed by atoms with Crippen LogP contribution in [-0.2, 0) is 9.47 Å². The van der Waals surface area contributed by atoms with Gasteiger partial charge in [0.2, 0.25) is 5.95 Å². The minimum Gasteiger partial charge on any atom is -0.504 e. The van der Waals surface area contributed by atoms with Crippen molar-refractivity contribution in [2.45, 2.75) is 6.92 Å². The second kappa shape index (κ2) is 6.46. The molecule has 2 heterocycles. The van der Waals surface area contributed by atoms with Gasteiger partial charge in [0, 0.05) is 24.7 Å². The molecule has 0 aliphatic rings. The Morgan fingerprint density at radius 3 is 2.80 bits per heavy atom. The Hall–Kier alpha value is -2.70. The van der Waals surface area contributed by atoms with Crippen molar-refractivity contribution in [3.8, 4) is 5.95 Å². The maximum Gasteiger partial charge on any atom is 0.341 e. The third kappa shape index (κ3) is 3.00. The summed E-state index contributed by atoms with van der Waals surface area (Å²) in [4.78, 5) is 20.0. The monoisotopic (exact) mass is 274 g/mol. The highest BCUT2D eigenvalue weighted by molar-refractivity contribution is 5.92. The molecule has 0 aliphatic carbocycles. The van der Waals surface area contributed by atoms with E-state index in [1.165, 1.54) is 24.3 Å². The highest BCUT2D eigenvalue weighted by Gasteiger charge is 2.17. The number of hydrogen-bond acceptors (Lipinski definition) is 6. The molecule has 0 atom stereocenters. The van der Waals surface area contributed by atoms with Crippen LogP contribution < -0.4 is 0 Å². The molecule has 0 radical (unpaired) electrons. The molecule has 7 nitrogen and oxygen atoms in total. The molecule has 0 saturated carbocycles. The molecule has 2 aromatic heterocycles. The molecule has 20 heavy (non-hydrogen) atoms. The molecule has 0 N–H and O–H groups in total. The third-order valence-corrected chi connectivity index (χ3v) is 2.36. The van der Waals surface area contributed by atoms with Crippen molar-refractivity contribution in [3.05, 3.63) is 42.2 Å². The number of aromatic nitrogens is 4. The fraction of sp³-hybridized carbons (Fsp3) is 0.231. The Balaban J connectivity index is 2.41. The molecule has 2 rings (SSSR count). The van der Waals surface area contributed by atoms with Crippen molar-refractivity contribution in [1.29, 1.82) is 0 Å². The van der Waals surface area contributed by atoms with Gasteiger partial charge in [-0.1, -0.05) is 0 Å². The van der Waals surface area contributed by atoms with E-state index in [1.54, 1.807) is 31.5 Å². The van der Waals surface area contributed by atoms with E-state index in [9.17, 15) is 4.79 Å². The van der Waals surface area contributed by atoms with Gasteiger partial charge in [-0.25, -0.2) is 19.4 Å². The Kier molecular flexibility index (Phi) is 4.43. The normalized spacial score (nSPS) is 10.7. The minimum absolute atomic E-state index is 0.291. The number of carbonyl (C=O) groups is 1. The van der Waals surface area contributed by atoms with Gasteiger partial charge in [-0.15, -0.1) is 0 Å². The highest BCUT2D eigenvalue weighted by Crippen LogP contribution is 2.13. The lowest BCUT2D eigenvalue weighted by atomic mass is 10.2. The van der Waals surface area contributed by atoms with Gasteiger partial charge in [-0.05, 0) is 13.0 Å². The van der Waals surface area contributed by atoms with Crippen LogP contribution in [0.25, 0.3) is 12.0 Å². The van der Waals surface area contributed by atoms with Crippen LogP contribution in [0.1, 0.15) is 23.0 Å². The summed E-state index contributed by atoms with van der Waals surface area (Å²) in [6, 6.07) is 1.70. The molecule has 0 amide bonds. The van der Waals surface area contributed by atoms with Crippen LogP contribution in [0.3, 0.4) is 0 Å². The van der Waals surface area contributed by atoms with E-state index in [4.69, 9.17) is 9.47 Å². The largest absolute Gasteiger partial charge is 0.504 e. The number of rotatable bonds is 5. The summed E-state index contributed by atoms with van der Waals surface area (Å²) in [6.07, 6.45) is 7.73. The third-order valence-electron chi connectivity index (χ3n) is 2.36. The van der Waals surface area contributed by atoms with Crippen molar-refractivity contribution in [2.75, 3.05) is 13.7 Å². The molecule has 0 unspecified atom stereocenters. The van der Waals surface area contributed by atoms with Gasteiger partial charge in [0.1, 0.15) is 11.3 Å². The first kappa shape index (κ1) is 13.7. The van der Waals surface area contributed by atoms with Crippen LogP contribution >= 0.6 is 0 Å². The van der Waals surface area contributed by atoms with Crippen molar-refractivity contribution in [3.63, 3.8) is 0 Å².